The molecule has 6 heteroatoms. The standard InChI is InChI=1S/C15H12ClIN2O2/c16-14-4-2-1-3-11(14)9-18-19-15(20)10-21-13-7-5-12(17)6-8-13/h1-9H,10H2,(H,19,20)/b18-9-. The van der Waals surface area contributed by atoms with Crippen LogP contribution in [-0.2, 0) is 4.79 Å². The van der Waals surface area contributed by atoms with E-state index in [0.717, 1.165) is 9.13 Å². The Morgan fingerprint density at radius 1 is 1.24 bits per heavy atom. The molecule has 4 nitrogen and oxygen atoms in total. The number of benzene rings is 2. The summed E-state index contributed by atoms with van der Waals surface area (Å²) in [6.07, 6.45) is 1.49. The van der Waals surface area contributed by atoms with Crippen LogP contribution >= 0.6 is 34.2 Å². The molecule has 0 aliphatic carbocycles. The quantitative estimate of drug-likeness (QED) is 0.463. The maximum atomic E-state index is 11.6. The Kier molecular flexibility index (Phi) is 6.01. The van der Waals surface area contributed by atoms with Gasteiger partial charge in [-0.05, 0) is 52.9 Å². The molecular weight excluding hydrogens is 403 g/mol. The van der Waals surface area contributed by atoms with Gasteiger partial charge in [0, 0.05) is 14.2 Å². The van der Waals surface area contributed by atoms with E-state index in [-0.39, 0.29) is 12.5 Å². The van der Waals surface area contributed by atoms with Gasteiger partial charge in [-0.1, -0.05) is 29.8 Å². The van der Waals surface area contributed by atoms with Crippen LogP contribution in [0, 0.1) is 3.57 Å². The third-order valence-corrected chi connectivity index (χ3v) is 3.55. The van der Waals surface area contributed by atoms with E-state index in [2.05, 4.69) is 33.1 Å². The summed E-state index contributed by atoms with van der Waals surface area (Å²) in [4.78, 5) is 11.6. The zero-order valence-electron chi connectivity index (χ0n) is 10.9. The first kappa shape index (κ1) is 15.8. The van der Waals surface area contributed by atoms with Crippen LogP contribution in [0.2, 0.25) is 5.02 Å². The molecule has 1 N–H and O–H groups in total. The molecule has 0 spiro atoms. The van der Waals surface area contributed by atoms with Gasteiger partial charge in [0.15, 0.2) is 6.61 Å². The SMILES string of the molecule is O=C(COc1ccc(I)cc1)N/N=C\c1ccccc1Cl. The van der Waals surface area contributed by atoms with Gasteiger partial charge in [0.1, 0.15) is 5.75 Å². The second-order valence-corrected chi connectivity index (χ2v) is 5.71. The second-order valence-electron chi connectivity index (χ2n) is 4.06. The van der Waals surface area contributed by atoms with Crippen LogP contribution in [0.3, 0.4) is 0 Å². The minimum absolute atomic E-state index is 0.0968. The number of rotatable bonds is 5. The number of hydrogen-bond acceptors (Lipinski definition) is 3. The number of nitrogens with zero attached hydrogens (tertiary/aromatic N) is 1. The van der Waals surface area contributed by atoms with Gasteiger partial charge in [-0.2, -0.15) is 5.10 Å². The number of halogens is 2. The smallest absolute Gasteiger partial charge is 0.277 e. The lowest BCUT2D eigenvalue weighted by Gasteiger charge is -2.04. The van der Waals surface area contributed by atoms with Crippen LogP contribution < -0.4 is 10.2 Å². The Balaban J connectivity index is 1.80. The lowest BCUT2D eigenvalue weighted by Crippen LogP contribution is -2.24. The number of ether oxygens (including phenoxy) is 1. The van der Waals surface area contributed by atoms with E-state index in [9.17, 15) is 4.79 Å². The molecule has 21 heavy (non-hydrogen) atoms. The van der Waals surface area contributed by atoms with Gasteiger partial charge < -0.3 is 4.74 Å². The normalized spacial score (nSPS) is 10.6. The Hall–Kier alpha value is -1.60. The minimum atomic E-state index is -0.336. The third kappa shape index (κ3) is 5.35. The summed E-state index contributed by atoms with van der Waals surface area (Å²) in [5, 5.41) is 4.41. The molecule has 2 rings (SSSR count). The number of hydrazone groups is 1. The number of amides is 1. The molecule has 2 aromatic carbocycles. The first-order valence-electron chi connectivity index (χ1n) is 6.10. The van der Waals surface area contributed by atoms with E-state index in [1.165, 1.54) is 6.21 Å². The second kappa shape index (κ2) is 7.99. The summed E-state index contributed by atoms with van der Waals surface area (Å²) in [5.74, 6) is 0.303. The van der Waals surface area contributed by atoms with Crippen LogP contribution in [-0.4, -0.2) is 18.7 Å². The average Bonchev–Trinajstić information content (AvgIpc) is 2.49. The number of carbonyl (C=O) groups excluding carboxylic acids is 1. The monoisotopic (exact) mass is 414 g/mol. The Labute approximate surface area is 141 Å². The van der Waals surface area contributed by atoms with Crippen LogP contribution in [0.5, 0.6) is 5.75 Å². The first-order chi connectivity index (χ1) is 10.1. The van der Waals surface area contributed by atoms with Crippen molar-refractivity contribution in [3.05, 3.63) is 62.7 Å². The van der Waals surface area contributed by atoms with Crippen molar-refractivity contribution < 1.29 is 9.53 Å². The van der Waals surface area contributed by atoms with Gasteiger partial charge >= 0.3 is 0 Å². The Morgan fingerprint density at radius 3 is 2.67 bits per heavy atom. The molecule has 2 aromatic rings. The van der Waals surface area contributed by atoms with Gasteiger partial charge in [0.25, 0.3) is 5.91 Å². The Morgan fingerprint density at radius 2 is 1.95 bits per heavy atom. The lowest BCUT2D eigenvalue weighted by molar-refractivity contribution is -0.123. The number of hydrogen-bond donors (Lipinski definition) is 1. The van der Waals surface area contributed by atoms with Crippen molar-refractivity contribution in [1.29, 1.82) is 0 Å². The molecule has 108 valence electrons. The highest BCUT2D eigenvalue weighted by Gasteiger charge is 2.01. The van der Waals surface area contributed by atoms with Gasteiger partial charge in [0.05, 0.1) is 6.21 Å². The summed E-state index contributed by atoms with van der Waals surface area (Å²) in [7, 11) is 0. The summed E-state index contributed by atoms with van der Waals surface area (Å²) in [5.41, 5.74) is 3.12. The summed E-state index contributed by atoms with van der Waals surface area (Å²) in [6.45, 7) is -0.0968. The molecule has 0 aliphatic heterocycles. The van der Waals surface area contributed by atoms with Gasteiger partial charge in [0.2, 0.25) is 0 Å². The minimum Gasteiger partial charge on any atom is -0.484 e. The first-order valence-corrected chi connectivity index (χ1v) is 7.55. The molecule has 0 fully saturated rings. The predicted octanol–water partition coefficient (Wildman–Crippen LogP) is 3.47. The van der Waals surface area contributed by atoms with Crippen molar-refractivity contribution in [3.63, 3.8) is 0 Å². The maximum absolute atomic E-state index is 11.6. The molecule has 0 bridgehead atoms. The highest BCUT2D eigenvalue weighted by Crippen LogP contribution is 2.13. The fourth-order valence-corrected chi connectivity index (χ4v) is 2.01. The molecule has 0 aliphatic rings. The molecule has 0 atom stereocenters. The van der Waals surface area contributed by atoms with Crippen molar-refractivity contribution in [2.45, 2.75) is 0 Å². The topological polar surface area (TPSA) is 50.7 Å². The molecule has 0 saturated carbocycles. The molecule has 0 heterocycles. The fraction of sp³-hybridized carbons (Fsp3) is 0.0667. The number of nitrogens with one attached hydrogen (secondary N) is 1. The number of carbonyl (C=O) groups is 1. The third-order valence-electron chi connectivity index (χ3n) is 2.48. The van der Waals surface area contributed by atoms with Crippen LogP contribution in [0.4, 0.5) is 0 Å². The fourth-order valence-electron chi connectivity index (χ4n) is 1.47. The van der Waals surface area contributed by atoms with Crippen LogP contribution in [0.15, 0.2) is 53.6 Å². The molecule has 0 radical (unpaired) electrons. The molecular formula is C15H12ClIN2O2. The lowest BCUT2D eigenvalue weighted by atomic mass is 10.2. The van der Waals surface area contributed by atoms with Crippen molar-refractivity contribution in [2.75, 3.05) is 6.61 Å². The van der Waals surface area contributed by atoms with Gasteiger partial charge in [-0.25, -0.2) is 5.43 Å². The summed E-state index contributed by atoms with van der Waals surface area (Å²) in [6, 6.07) is 14.7. The zero-order chi connectivity index (χ0) is 15.1. The molecule has 0 aromatic heterocycles. The summed E-state index contributed by atoms with van der Waals surface area (Å²) >= 11 is 8.16. The molecule has 0 unspecified atom stereocenters. The molecule has 0 saturated heterocycles. The highest BCUT2D eigenvalue weighted by molar-refractivity contribution is 14.1. The van der Waals surface area contributed by atoms with E-state index >= 15 is 0 Å². The largest absolute Gasteiger partial charge is 0.484 e. The van der Waals surface area contributed by atoms with Crippen LogP contribution in [0.25, 0.3) is 0 Å². The van der Waals surface area contributed by atoms with Crippen molar-refractivity contribution in [2.24, 2.45) is 5.10 Å². The van der Waals surface area contributed by atoms with Crippen molar-refractivity contribution >= 4 is 46.3 Å². The highest BCUT2D eigenvalue weighted by atomic mass is 127. The van der Waals surface area contributed by atoms with Crippen LogP contribution in [0.1, 0.15) is 5.56 Å². The van der Waals surface area contributed by atoms with E-state index in [1.54, 1.807) is 12.1 Å². The average molecular weight is 415 g/mol. The Bertz CT molecular complexity index is 644. The predicted molar refractivity (Wildman–Crippen MR) is 91.8 cm³/mol. The van der Waals surface area contributed by atoms with Gasteiger partial charge in [-0.3, -0.25) is 4.79 Å². The van der Waals surface area contributed by atoms with E-state index in [4.69, 9.17) is 16.3 Å². The maximum Gasteiger partial charge on any atom is 0.277 e. The van der Waals surface area contributed by atoms with Gasteiger partial charge in [-0.15, -0.1) is 0 Å². The van der Waals surface area contributed by atoms with E-state index < -0.39 is 0 Å². The van der Waals surface area contributed by atoms with Crippen molar-refractivity contribution in [3.8, 4) is 5.75 Å². The molecule has 1 amide bonds. The van der Waals surface area contributed by atoms with E-state index in [0.29, 0.717) is 10.8 Å². The summed E-state index contributed by atoms with van der Waals surface area (Å²) < 4.78 is 6.44. The van der Waals surface area contributed by atoms with E-state index in [1.807, 2.05) is 36.4 Å². The van der Waals surface area contributed by atoms with Crippen molar-refractivity contribution in [1.82, 2.24) is 5.43 Å². The zero-order valence-corrected chi connectivity index (χ0v) is 13.8.